The molecule has 0 saturated carbocycles. The first-order chi connectivity index (χ1) is 25.1. The van der Waals surface area contributed by atoms with Crippen LogP contribution in [0.4, 0.5) is 0 Å². The Labute approximate surface area is 314 Å². The Balaban J connectivity index is 1.97. The van der Waals surface area contributed by atoms with E-state index in [0.29, 0.717) is 55.9 Å². The highest BCUT2D eigenvalue weighted by Gasteiger charge is 2.38. The van der Waals surface area contributed by atoms with Gasteiger partial charge in [0.2, 0.25) is 0 Å². The molecule has 0 aliphatic heterocycles. The maximum atomic E-state index is 17.0. The van der Waals surface area contributed by atoms with Gasteiger partial charge in [-0.2, -0.15) is 8.42 Å². The van der Waals surface area contributed by atoms with E-state index in [1.807, 2.05) is 140 Å². The van der Waals surface area contributed by atoms with Crippen molar-refractivity contribution in [1.82, 2.24) is 0 Å². The molecule has 0 atom stereocenters. The number of hydrogen-bond donors (Lipinski definition) is 1. The molecule has 0 amide bonds. The quantitative estimate of drug-likeness (QED) is 0.0833. The van der Waals surface area contributed by atoms with Crippen LogP contribution in [0, 0.1) is 0 Å². The second-order valence-electron chi connectivity index (χ2n) is 13.9. The summed E-state index contributed by atoms with van der Waals surface area (Å²) in [5.74, 6) is 1.43. The predicted octanol–water partition coefficient (Wildman–Crippen LogP) is 9.20. The monoisotopic (exact) mass is 756 g/mol. The minimum atomic E-state index is -4.53. The molecule has 0 saturated heterocycles. The molecule has 8 nitrogen and oxygen atoms in total. The number of ether oxygens (including phenoxy) is 4. The van der Waals surface area contributed by atoms with Gasteiger partial charge < -0.3 is 23.5 Å². The molecule has 0 aromatic heterocycles. The third-order valence-corrected chi connectivity index (χ3v) is 12.0. The van der Waals surface area contributed by atoms with Crippen LogP contribution in [0.25, 0.3) is 22.3 Å². The van der Waals surface area contributed by atoms with Crippen LogP contribution in [0.5, 0.6) is 23.0 Å². The van der Waals surface area contributed by atoms with E-state index in [4.69, 9.17) is 18.9 Å². The van der Waals surface area contributed by atoms with Crippen LogP contribution in [-0.4, -0.2) is 37.4 Å². The summed E-state index contributed by atoms with van der Waals surface area (Å²) in [7, 11) is -8.65. The van der Waals surface area contributed by atoms with Crippen molar-refractivity contribution < 1.29 is 36.5 Å². The van der Waals surface area contributed by atoms with Gasteiger partial charge in [-0.15, -0.1) is 0 Å². The fraction of sp³-hybridized carbons (Fsp3) is 0.302. The molecule has 0 radical (unpaired) electrons. The molecule has 0 unspecified atom stereocenters. The Bertz CT molecular complexity index is 2040. The molecule has 0 aliphatic carbocycles. The summed E-state index contributed by atoms with van der Waals surface area (Å²) < 4.78 is 77.7. The first-order valence-corrected chi connectivity index (χ1v) is 21.2. The van der Waals surface area contributed by atoms with Crippen molar-refractivity contribution in [2.24, 2.45) is 0 Å². The van der Waals surface area contributed by atoms with Crippen LogP contribution in [-0.2, 0) is 20.4 Å². The third kappa shape index (κ3) is 9.15. The minimum Gasteiger partial charge on any atom is -0.490 e. The lowest BCUT2D eigenvalue weighted by Crippen LogP contribution is -2.30. The van der Waals surface area contributed by atoms with Crippen LogP contribution in [0.3, 0.4) is 0 Å². The van der Waals surface area contributed by atoms with E-state index >= 15 is 4.57 Å². The van der Waals surface area contributed by atoms with Crippen molar-refractivity contribution in [3.63, 3.8) is 0 Å². The topological polar surface area (TPSA) is 108 Å². The number of hydrogen-bond acceptors (Lipinski definition) is 7. The van der Waals surface area contributed by atoms with Gasteiger partial charge in [0.1, 0.15) is 28.8 Å². The highest BCUT2D eigenvalue weighted by atomic mass is 32.2. The molecule has 0 heterocycles. The van der Waals surface area contributed by atoms with Crippen LogP contribution in [0.2, 0.25) is 0 Å². The summed E-state index contributed by atoms with van der Waals surface area (Å²) in [6, 6.07) is 32.6. The second kappa shape index (κ2) is 16.6. The zero-order valence-corrected chi connectivity index (χ0v) is 33.3. The van der Waals surface area contributed by atoms with Crippen molar-refractivity contribution in [2.75, 3.05) is 0 Å². The average Bonchev–Trinajstić information content (AvgIpc) is 3.07. The summed E-state index contributed by atoms with van der Waals surface area (Å²) in [6.07, 6.45) is -0.740. The maximum Gasteiger partial charge on any atom is 0.269 e. The van der Waals surface area contributed by atoms with Gasteiger partial charge in [0, 0.05) is 27.0 Å². The average molecular weight is 757 g/mol. The van der Waals surface area contributed by atoms with E-state index in [9.17, 15) is 13.0 Å². The van der Waals surface area contributed by atoms with Crippen LogP contribution in [0.1, 0.15) is 61.0 Å². The molecule has 5 aromatic carbocycles. The Morgan fingerprint density at radius 2 is 0.811 bits per heavy atom. The fourth-order valence-electron chi connectivity index (χ4n) is 6.41. The van der Waals surface area contributed by atoms with Gasteiger partial charge in [-0.1, -0.05) is 84.9 Å². The molecule has 0 aliphatic rings. The van der Waals surface area contributed by atoms with E-state index in [2.05, 4.69) is 0 Å². The van der Waals surface area contributed by atoms with E-state index in [0.717, 1.165) is 0 Å². The molecule has 0 fully saturated rings. The third-order valence-electron chi connectivity index (χ3n) is 8.12. The summed E-state index contributed by atoms with van der Waals surface area (Å²) >= 11 is 0. The first-order valence-electron chi connectivity index (χ1n) is 17.9. The Morgan fingerprint density at radius 3 is 1.15 bits per heavy atom. The van der Waals surface area contributed by atoms with Crippen molar-refractivity contribution in [1.29, 1.82) is 0 Å². The predicted molar refractivity (Wildman–Crippen MR) is 215 cm³/mol. The van der Waals surface area contributed by atoms with E-state index in [1.165, 1.54) is 0 Å². The van der Waals surface area contributed by atoms with Crippen molar-refractivity contribution in [2.45, 2.75) is 85.6 Å². The Kier molecular flexibility index (Phi) is 12.4. The lowest BCUT2D eigenvalue weighted by atomic mass is 10.0. The lowest BCUT2D eigenvalue weighted by molar-refractivity contribution is 0.230. The van der Waals surface area contributed by atoms with Gasteiger partial charge in [-0.25, -0.2) is 0 Å². The van der Waals surface area contributed by atoms with E-state index < -0.39 is 23.0 Å². The van der Waals surface area contributed by atoms with Crippen LogP contribution >= 0.6 is 7.14 Å². The maximum absolute atomic E-state index is 17.0. The Hall–Kier alpha value is -4.56. The molecule has 5 aromatic rings. The summed E-state index contributed by atoms with van der Waals surface area (Å²) in [4.78, 5) is 0. The molecule has 10 heteroatoms. The molecular weight excluding hydrogens is 708 g/mol. The van der Waals surface area contributed by atoms with Gasteiger partial charge in [-0.05, 0) is 85.2 Å². The van der Waals surface area contributed by atoms with E-state index in [-0.39, 0.29) is 35.3 Å². The van der Waals surface area contributed by atoms with Gasteiger partial charge >= 0.3 is 0 Å². The second-order valence-corrected chi connectivity index (χ2v) is 18.0. The minimum absolute atomic E-state index is 0.185. The molecule has 53 heavy (non-hydrogen) atoms. The summed E-state index contributed by atoms with van der Waals surface area (Å²) in [6.45, 7) is 15.5. The lowest BCUT2D eigenvalue weighted by Gasteiger charge is -2.29. The van der Waals surface area contributed by atoms with E-state index in [1.54, 1.807) is 24.3 Å². The highest BCUT2D eigenvalue weighted by Crippen LogP contribution is 2.52. The zero-order chi connectivity index (χ0) is 38.5. The molecular formula is C43H49O8PS. The number of rotatable bonds is 15. The molecule has 280 valence electrons. The molecule has 0 spiro atoms. The SMILES string of the molecule is CC(C)Oc1cccc(OC(C)C)c1-c1ccccc1P(=O)(c1ccccc1CS(=O)(=O)O)c1ccccc1-c1c(OC(C)C)cccc1OC(C)C. The first kappa shape index (κ1) is 39.6. The van der Waals surface area contributed by atoms with Gasteiger partial charge in [0.05, 0.1) is 35.5 Å². The molecule has 5 rings (SSSR count). The van der Waals surface area contributed by atoms with Crippen LogP contribution in [0.15, 0.2) is 109 Å². The van der Waals surface area contributed by atoms with Gasteiger partial charge in [0.25, 0.3) is 10.1 Å². The number of benzene rings is 5. The van der Waals surface area contributed by atoms with Crippen molar-refractivity contribution >= 4 is 33.2 Å². The summed E-state index contributed by atoms with van der Waals surface area (Å²) in [5, 5.41) is 1.12. The fourth-order valence-corrected chi connectivity index (χ4v) is 10.4. The smallest absolute Gasteiger partial charge is 0.269 e. The van der Waals surface area contributed by atoms with Crippen LogP contribution < -0.4 is 34.9 Å². The normalized spacial score (nSPS) is 12.1. The van der Waals surface area contributed by atoms with Crippen molar-refractivity contribution in [3.8, 4) is 45.3 Å². The largest absolute Gasteiger partial charge is 0.490 e. The molecule has 0 bridgehead atoms. The van der Waals surface area contributed by atoms with Crippen molar-refractivity contribution in [3.05, 3.63) is 115 Å². The summed E-state index contributed by atoms with van der Waals surface area (Å²) in [5.41, 5.74) is 2.61. The van der Waals surface area contributed by atoms with Gasteiger partial charge in [0.15, 0.2) is 7.14 Å². The molecule has 1 N–H and O–H groups in total. The highest BCUT2D eigenvalue weighted by molar-refractivity contribution is 7.86. The zero-order valence-electron chi connectivity index (χ0n) is 31.6. The standard InChI is InChI=1S/C43H49O8PS/c1-28(2)48-35-20-15-21-36(49-29(3)4)42(35)33-18-10-13-25-40(33)52(44,39-24-12-9-17-32(39)27-53(45,46)47)41-26-14-11-19-34(41)43-37(50-30(5)6)22-16-23-38(43)51-31(7)8/h9-26,28-31H,27H2,1-8H3,(H,45,46,47). The van der Waals surface area contributed by atoms with Gasteiger partial charge in [-0.3, -0.25) is 4.55 Å². The Morgan fingerprint density at radius 1 is 0.491 bits per heavy atom.